The zero-order valence-corrected chi connectivity index (χ0v) is 8.80. The van der Waals surface area contributed by atoms with Crippen LogP contribution in [0.15, 0.2) is 24.3 Å². The predicted octanol–water partition coefficient (Wildman–Crippen LogP) is 1.61. The molecule has 0 bridgehead atoms. The van der Waals surface area contributed by atoms with Crippen molar-refractivity contribution in [2.24, 2.45) is 0 Å². The second-order valence-electron chi connectivity index (χ2n) is 3.33. The van der Waals surface area contributed by atoms with E-state index < -0.39 is 5.72 Å². The van der Waals surface area contributed by atoms with Crippen molar-refractivity contribution in [3.05, 3.63) is 29.8 Å². The van der Waals surface area contributed by atoms with Crippen molar-refractivity contribution in [1.29, 1.82) is 0 Å². The summed E-state index contributed by atoms with van der Waals surface area (Å²) in [5.41, 5.74) is 0.276. The van der Waals surface area contributed by atoms with Gasteiger partial charge in [0.25, 0.3) is 0 Å². The van der Waals surface area contributed by atoms with Gasteiger partial charge in [0.05, 0.1) is 6.61 Å². The molecule has 1 aromatic carbocycles. The Morgan fingerprint density at radius 1 is 1.43 bits per heavy atom. The number of para-hydroxylation sites is 1. The molecule has 1 unspecified atom stereocenters. The van der Waals surface area contributed by atoms with Crippen LogP contribution in [0.5, 0.6) is 5.75 Å². The van der Waals surface area contributed by atoms with Gasteiger partial charge in [0.15, 0.2) is 0 Å². The van der Waals surface area contributed by atoms with Crippen LogP contribution < -0.4 is 5.32 Å². The average Bonchev–Trinajstić information content (AvgIpc) is 2.54. The van der Waals surface area contributed by atoms with E-state index in [0.717, 1.165) is 12.1 Å². The van der Waals surface area contributed by atoms with Crippen LogP contribution in [-0.2, 0) is 10.5 Å². The molecule has 0 saturated carbocycles. The molecule has 14 heavy (non-hydrogen) atoms. The maximum atomic E-state index is 9.62. The lowest BCUT2D eigenvalue weighted by Gasteiger charge is -2.24. The normalized spacial score (nSPS) is 25.8. The minimum Gasteiger partial charge on any atom is -0.508 e. The van der Waals surface area contributed by atoms with E-state index in [2.05, 4.69) is 5.32 Å². The largest absolute Gasteiger partial charge is 0.508 e. The van der Waals surface area contributed by atoms with Crippen molar-refractivity contribution in [3.8, 4) is 5.75 Å². The summed E-state index contributed by atoms with van der Waals surface area (Å²) in [6.07, 6.45) is 0. The lowest BCUT2D eigenvalue weighted by atomic mass is 10.0. The Hall–Kier alpha value is -0.770. The lowest BCUT2D eigenvalue weighted by molar-refractivity contribution is 0.000725. The molecule has 4 heteroatoms. The topological polar surface area (TPSA) is 41.5 Å². The van der Waals surface area contributed by atoms with E-state index in [-0.39, 0.29) is 18.2 Å². The highest BCUT2D eigenvalue weighted by molar-refractivity contribution is 5.85. The summed E-state index contributed by atoms with van der Waals surface area (Å²) >= 11 is 0. The Balaban J connectivity index is 0.000000980. The standard InChI is InChI=1S/C10H13NO2.ClH/c1-10(11-6-7-13-10)8-4-2-3-5-9(8)12;/h2-5,11-12H,6-7H2,1H3;1H. The Bertz CT molecular complexity index is 311. The van der Waals surface area contributed by atoms with E-state index in [1.54, 1.807) is 12.1 Å². The molecule has 3 nitrogen and oxygen atoms in total. The zero-order valence-electron chi connectivity index (χ0n) is 7.99. The first-order valence-corrected chi connectivity index (χ1v) is 4.40. The maximum Gasteiger partial charge on any atom is 0.146 e. The number of phenols is 1. The van der Waals surface area contributed by atoms with Gasteiger partial charge in [0.2, 0.25) is 0 Å². The van der Waals surface area contributed by atoms with Crippen molar-refractivity contribution in [2.45, 2.75) is 12.6 Å². The van der Waals surface area contributed by atoms with Crippen molar-refractivity contribution in [1.82, 2.24) is 5.32 Å². The molecule has 0 radical (unpaired) electrons. The summed E-state index contributed by atoms with van der Waals surface area (Å²) in [5, 5.41) is 12.8. The molecule has 1 atom stereocenters. The van der Waals surface area contributed by atoms with Crippen LogP contribution in [0.1, 0.15) is 12.5 Å². The SMILES string of the molecule is CC1(c2ccccc2O)NCCO1.Cl. The van der Waals surface area contributed by atoms with Crippen molar-refractivity contribution in [3.63, 3.8) is 0 Å². The van der Waals surface area contributed by atoms with E-state index in [1.807, 2.05) is 19.1 Å². The molecule has 2 rings (SSSR count). The third-order valence-corrected chi connectivity index (χ3v) is 2.37. The number of phenolic OH excluding ortho intramolecular Hbond substituents is 1. The molecule has 1 aromatic rings. The molecule has 1 heterocycles. The molecule has 1 fully saturated rings. The van der Waals surface area contributed by atoms with Crippen LogP contribution in [0, 0.1) is 0 Å². The first-order chi connectivity index (χ1) is 6.22. The number of aromatic hydroxyl groups is 1. The highest BCUT2D eigenvalue weighted by atomic mass is 35.5. The first-order valence-electron chi connectivity index (χ1n) is 4.40. The zero-order chi connectivity index (χ0) is 9.31. The van der Waals surface area contributed by atoms with Gasteiger partial charge in [-0.2, -0.15) is 0 Å². The molecular formula is C10H14ClNO2. The number of halogens is 1. The highest BCUT2D eigenvalue weighted by Crippen LogP contribution is 2.31. The van der Waals surface area contributed by atoms with Crippen LogP contribution in [0.3, 0.4) is 0 Å². The summed E-state index contributed by atoms with van der Waals surface area (Å²) in [7, 11) is 0. The maximum absolute atomic E-state index is 9.62. The fourth-order valence-corrected chi connectivity index (χ4v) is 1.65. The third kappa shape index (κ3) is 1.85. The number of nitrogens with one attached hydrogen (secondary N) is 1. The van der Waals surface area contributed by atoms with E-state index in [4.69, 9.17) is 4.74 Å². The summed E-state index contributed by atoms with van der Waals surface area (Å²) < 4.78 is 5.54. The smallest absolute Gasteiger partial charge is 0.146 e. The van der Waals surface area contributed by atoms with Gasteiger partial charge < -0.3 is 9.84 Å². The molecular weight excluding hydrogens is 202 g/mol. The van der Waals surface area contributed by atoms with E-state index in [0.29, 0.717) is 6.61 Å². The molecule has 0 aliphatic carbocycles. The molecule has 78 valence electrons. The lowest BCUT2D eigenvalue weighted by Crippen LogP contribution is -2.34. The number of rotatable bonds is 1. The van der Waals surface area contributed by atoms with Crippen molar-refractivity contribution < 1.29 is 9.84 Å². The highest BCUT2D eigenvalue weighted by Gasteiger charge is 2.33. The van der Waals surface area contributed by atoms with Gasteiger partial charge in [-0.25, -0.2) is 0 Å². The Morgan fingerprint density at radius 2 is 2.14 bits per heavy atom. The average molecular weight is 216 g/mol. The predicted molar refractivity (Wildman–Crippen MR) is 56.7 cm³/mol. The monoisotopic (exact) mass is 215 g/mol. The van der Waals surface area contributed by atoms with Gasteiger partial charge in [0.1, 0.15) is 11.5 Å². The van der Waals surface area contributed by atoms with Gasteiger partial charge in [-0.1, -0.05) is 18.2 Å². The number of ether oxygens (including phenoxy) is 1. The molecule has 0 spiro atoms. The Labute approximate surface area is 89.5 Å². The van der Waals surface area contributed by atoms with Gasteiger partial charge in [-0.3, -0.25) is 5.32 Å². The summed E-state index contributed by atoms with van der Waals surface area (Å²) in [6, 6.07) is 7.23. The van der Waals surface area contributed by atoms with Crippen LogP contribution in [0.4, 0.5) is 0 Å². The molecule has 0 aromatic heterocycles. The fourth-order valence-electron chi connectivity index (χ4n) is 1.65. The van der Waals surface area contributed by atoms with Crippen LogP contribution >= 0.6 is 12.4 Å². The molecule has 1 saturated heterocycles. The molecule has 0 amide bonds. The number of hydrogen-bond donors (Lipinski definition) is 2. The summed E-state index contributed by atoms with van der Waals surface area (Å²) in [4.78, 5) is 0. The minimum absolute atomic E-state index is 0. The van der Waals surface area contributed by atoms with E-state index >= 15 is 0 Å². The second kappa shape index (κ2) is 4.17. The first kappa shape index (κ1) is 11.3. The van der Waals surface area contributed by atoms with Crippen LogP contribution in [0.25, 0.3) is 0 Å². The van der Waals surface area contributed by atoms with Gasteiger partial charge >= 0.3 is 0 Å². The third-order valence-electron chi connectivity index (χ3n) is 2.37. The summed E-state index contributed by atoms with van der Waals surface area (Å²) in [5.74, 6) is 0.277. The second-order valence-corrected chi connectivity index (χ2v) is 3.33. The number of benzene rings is 1. The van der Waals surface area contributed by atoms with E-state index in [9.17, 15) is 5.11 Å². The van der Waals surface area contributed by atoms with Crippen LogP contribution in [-0.4, -0.2) is 18.3 Å². The molecule has 1 aliphatic heterocycles. The number of hydrogen-bond acceptors (Lipinski definition) is 3. The Kier molecular flexibility index (Phi) is 3.37. The summed E-state index contributed by atoms with van der Waals surface area (Å²) in [6.45, 7) is 3.44. The van der Waals surface area contributed by atoms with Gasteiger partial charge in [-0.05, 0) is 13.0 Å². The Morgan fingerprint density at radius 3 is 2.71 bits per heavy atom. The van der Waals surface area contributed by atoms with Crippen molar-refractivity contribution >= 4 is 12.4 Å². The molecule has 2 N–H and O–H groups in total. The van der Waals surface area contributed by atoms with Crippen LogP contribution in [0.2, 0.25) is 0 Å². The van der Waals surface area contributed by atoms with Gasteiger partial charge in [-0.15, -0.1) is 12.4 Å². The van der Waals surface area contributed by atoms with Gasteiger partial charge in [0, 0.05) is 12.1 Å². The van der Waals surface area contributed by atoms with E-state index in [1.165, 1.54) is 0 Å². The minimum atomic E-state index is -0.522. The molecule has 1 aliphatic rings. The fraction of sp³-hybridized carbons (Fsp3) is 0.400. The quantitative estimate of drug-likeness (QED) is 0.748. The van der Waals surface area contributed by atoms with Crippen molar-refractivity contribution in [2.75, 3.05) is 13.2 Å².